The van der Waals surface area contributed by atoms with Gasteiger partial charge in [-0.15, -0.1) is 0 Å². The van der Waals surface area contributed by atoms with Gasteiger partial charge in [0, 0.05) is 6.20 Å². The highest BCUT2D eigenvalue weighted by molar-refractivity contribution is 6.35. The summed E-state index contributed by atoms with van der Waals surface area (Å²) in [6, 6.07) is 1.53. The van der Waals surface area contributed by atoms with Crippen LogP contribution in [0.25, 0.3) is 11.5 Å². The Kier molecular flexibility index (Phi) is 3.68. The number of pyridine rings is 1. The van der Waals surface area contributed by atoms with E-state index in [0.29, 0.717) is 27.1 Å². The van der Waals surface area contributed by atoms with Crippen LogP contribution in [0.1, 0.15) is 21.7 Å². The summed E-state index contributed by atoms with van der Waals surface area (Å²) in [7, 11) is 0. The molecule has 0 saturated heterocycles. The zero-order chi connectivity index (χ0) is 14.2. The third-order valence-corrected chi connectivity index (χ3v) is 3.00. The lowest BCUT2D eigenvalue weighted by Gasteiger charge is -2.08. The lowest BCUT2D eigenvalue weighted by atomic mass is 10.1. The standard InChI is InChI=1S/C12H9Cl2N3O2/c1-5-9(12(18)19)6(2)17-11(16-5)10-8(14)3-7(13)4-15-10/h3-4H,1-2H3,(H,18,19). The lowest BCUT2D eigenvalue weighted by molar-refractivity contribution is 0.0694. The first-order valence-electron chi connectivity index (χ1n) is 5.30. The van der Waals surface area contributed by atoms with E-state index < -0.39 is 5.97 Å². The quantitative estimate of drug-likeness (QED) is 0.921. The minimum absolute atomic E-state index is 0.0915. The molecule has 0 fully saturated rings. The van der Waals surface area contributed by atoms with Crippen LogP contribution in [0, 0.1) is 13.8 Å². The molecule has 98 valence electrons. The van der Waals surface area contributed by atoms with E-state index in [9.17, 15) is 4.79 Å². The number of halogens is 2. The van der Waals surface area contributed by atoms with Gasteiger partial charge in [0.1, 0.15) is 11.3 Å². The van der Waals surface area contributed by atoms with E-state index >= 15 is 0 Å². The summed E-state index contributed by atoms with van der Waals surface area (Å²) in [5.74, 6) is -0.779. The van der Waals surface area contributed by atoms with E-state index in [1.54, 1.807) is 13.8 Å². The lowest BCUT2D eigenvalue weighted by Crippen LogP contribution is -2.09. The van der Waals surface area contributed by atoms with E-state index in [1.165, 1.54) is 12.3 Å². The second-order valence-corrected chi connectivity index (χ2v) is 4.73. The predicted octanol–water partition coefficient (Wildman–Crippen LogP) is 3.16. The van der Waals surface area contributed by atoms with Crippen molar-refractivity contribution in [1.82, 2.24) is 15.0 Å². The zero-order valence-electron chi connectivity index (χ0n) is 10.1. The highest BCUT2D eigenvalue weighted by Crippen LogP contribution is 2.26. The van der Waals surface area contributed by atoms with Crippen molar-refractivity contribution in [3.8, 4) is 11.5 Å². The molecule has 0 aliphatic heterocycles. The molecule has 0 saturated carbocycles. The van der Waals surface area contributed by atoms with Crippen LogP contribution in [0.15, 0.2) is 12.3 Å². The van der Waals surface area contributed by atoms with Crippen LogP contribution in [-0.4, -0.2) is 26.0 Å². The van der Waals surface area contributed by atoms with Crippen LogP contribution in [0.2, 0.25) is 10.0 Å². The Bertz CT molecular complexity index is 651. The first-order chi connectivity index (χ1) is 8.90. The van der Waals surface area contributed by atoms with Gasteiger partial charge in [0.25, 0.3) is 0 Å². The number of carboxylic acids is 1. The van der Waals surface area contributed by atoms with Crippen molar-refractivity contribution >= 4 is 29.2 Å². The molecule has 7 heteroatoms. The van der Waals surface area contributed by atoms with Gasteiger partial charge in [-0.2, -0.15) is 0 Å². The molecule has 0 radical (unpaired) electrons. The fourth-order valence-electron chi connectivity index (χ4n) is 1.71. The second kappa shape index (κ2) is 5.11. The highest BCUT2D eigenvalue weighted by Gasteiger charge is 2.17. The molecular formula is C12H9Cl2N3O2. The number of hydrogen-bond acceptors (Lipinski definition) is 4. The Morgan fingerprint density at radius 2 is 1.79 bits per heavy atom. The zero-order valence-corrected chi connectivity index (χ0v) is 11.6. The molecule has 0 aromatic carbocycles. The second-order valence-electron chi connectivity index (χ2n) is 3.88. The topological polar surface area (TPSA) is 76.0 Å². The molecule has 2 aromatic heterocycles. The molecule has 0 atom stereocenters. The maximum Gasteiger partial charge on any atom is 0.339 e. The molecule has 0 aliphatic carbocycles. The average molecular weight is 298 g/mol. The van der Waals surface area contributed by atoms with Crippen molar-refractivity contribution in [3.63, 3.8) is 0 Å². The molecule has 2 heterocycles. The summed E-state index contributed by atoms with van der Waals surface area (Å²) >= 11 is 11.8. The van der Waals surface area contributed by atoms with E-state index in [0.717, 1.165) is 0 Å². The molecular weight excluding hydrogens is 289 g/mol. The largest absolute Gasteiger partial charge is 0.478 e. The maximum atomic E-state index is 11.1. The summed E-state index contributed by atoms with van der Waals surface area (Å²) in [6.45, 7) is 3.21. The Hall–Kier alpha value is -1.72. The maximum absolute atomic E-state index is 11.1. The number of aryl methyl sites for hydroxylation is 2. The first kappa shape index (κ1) is 13.7. The van der Waals surface area contributed by atoms with E-state index in [4.69, 9.17) is 28.3 Å². The molecule has 0 aliphatic rings. The van der Waals surface area contributed by atoms with E-state index in [1.807, 2.05) is 0 Å². The molecule has 2 rings (SSSR count). The number of aromatic carboxylic acids is 1. The summed E-state index contributed by atoms with van der Waals surface area (Å²) < 4.78 is 0. The monoisotopic (exact) mass is 297 g/mol. The van der Waals surface area contributed by atoms with E-state index in [-0.39, 0.29) is 11.4 Å². The van der Waals surface area contributed by atoms with Crippen LogP contribution in [-0.2, 0) is 0 Å². The van der Waals surface area contributed by atoms with Crippen LogP contribution in [0.5, 0.6) is 0 Å². The SMILES string of the molecule is Cc1nc(-c2ncc(Cl)cc2Cl)nc(C)c1C(=O)O. The first-order valence-corrected chi connectivity index (χ1v) is 6.05. The number of carbonyl (C=O) groups is 1. The summed E-state index contributed by atoms with van der Waals surface area (Å²) in [5.41, 5.74) is 1.19. The Morgan fingerprint density at radius 1 is 1.21 bits per heavy atom. The number of nitrogens with zero attached hydrogens (tertiary/aromatic N) is 3. The van der Waals surface area contributed by atoms with Gasteiger partial charge < -0.3 is 5.11 Å². The Labute approximate surface area is 119 Å². The Balaban J connectivity index is 2.61. The van der Waals surface area contributed by atoms with Crippen LogP contribution >= 0.6 is 23.2 Å². The molecule has 0 amide bonds. The van der Waals surface area contributed by atoms with Gasteiger partial charge >= 0.3 is 5.97 Å². The van der Waals surface area contributed by atoms with Gasteiger partial charge in [-0.3, -0.25) is 0 Å². The van der Waals surface area contributed by atoms with Gasteiger partial charge in [0.15, 0.2) is 5.82 Å². The predicted molar refractivity (Wildman–Crippen MR) is 71.7 cm³/mol. The normalized spacial score (nSPS) is 10.5. The molecule has 0 spiro atoms. The molecule has 0 bridgehead atoms. The summed E-state index contributed by atoms with van der Waals surface area (Å²) in [4.78, 5) is 23.4. The van der Waals surface area contributed by atoms with E-state index in [2.05, 4.69) is 15.0 Å². The molecule has 2 aromatic rings. The van der Waals surface area contributed by atoms with Gasteiger partial charge in [0.2, 0.25) is 0 Å². The minimum Gasteiger partial charge on any atom is -0.478 e. The van der Waals surface area contributed by atoms with Gasteiger partial charge in [0.05, 0.1) is 21.4 Å². The van der Waals surface area contributed by atoms with Crippen molar-refractivity contribution in [1.29, 1.82) is 0 Å². The smallest absolute Gasteiger partial charge is 0.339 e. The van der Waals surface area contributed by atoms with Gasteiger partial charge in [-0.1, -0.05) is 23.2 Å². The van der Waals surface area contributed by atoms with Crippen molar-refractivity contribution in [2.24, 2.45) is 0 Å². The van der Waals surface area contributed by atoms with Crippen molar-refractivity contribution in [2.75, 3.05) is 0 Å². The van der Waals surface area contributed by atoms with Crippen LogP contribution in [0.3, 0.4) is 0 Å². The minimum atomic E-state index is -1.06. The van der Waals surface area contributed by atoms with Crippen molar-refractivity contribution in [3.05, 3.63) is 39.3 Å². The highest BCUT2D eigenvalue weighted by atomic mass is 35.5. The van der Waals surface area contributed by atoms with Crippen molar-refractivity contribution < 1.29 is 9.90 Å². The van der Waals surface area contributed by atoms with Gasteiger partial charge in [-0.25, -0.2) is 19.7 Å². The van der Waals surface area contributed by atoms with Crippen LogP contribution in [0.4, 0.5) is 0 Å². The number of rotatable bonds is 2. The summed E-state index contributed by atoms with van der Waals surface area (Å²) in [6.07, 6.45) is 1.43. The fourth-order valence-corrected chi connectivity index (χ4v) is 2.18. The number of carboxylic acid groups (broad SMARTS) is 1. The number of aromatic nitrogens is 3. The molecule has 19 heavy (non-hydrogen) atoms. The molecule has 0 unspecified atom stereocenters. The van der Waals surface area contributed by atoms with Crippen molar-refractivity contribution in [2.45, 2.75) is 13.8 Å². The third-order valence-electron chi connectivity index (χ3n) is 2.50. The average Bonchev–Trinajstić information content (AvgIpc) is 2.26. The molecule has 5 nitrogen and oxygen atoms in total. The third kappa shape index (κ3) is 2.67. The molecule has 1 N–H and O–H groups in total. The van der Waals surface area contributed by atoms with Gasteiger partial charge in [-0.05, 0) is 19.9 Å². The summed E-state index contributed by atoms with van der Waals surface area (Å²) in [5, 5.41) is 9.78. The Morgan fingerprint density at radius 3 is 2.26 bits per heavy atom. The fraction of sp³-hybridized carbons (Fsp3) is 0.167. The van der Waals surface area contributed by atoms with Crippen LogP contribution < -0.4 is 0 Å². The number of hydrogen-bond donors (Lipinski definition) is 1.